The molecule has 5 nitrogen and oxygen atoms in total. The third kappa shape index (κ3) is 5.21. The summed E-state index contributed by atoms with van der Waals surface area (Å²) in [5.41, 5.74) is 3.05. The zero-order chi connectivity index (χ0) is 22.5. The van der Waals surface area contributed by atoms with Crippen molar-refractivity contribution in [3.05, 3.63) is 98.9 Å². The first-order chi connectivity index (χ1) is 15.5. The van der Waals surface area contributed by atoms with Crippen molar-refractivity contribution >= 4 is 45.7 Å². The molecule has 4 rings (SSSR count). The molecule has 32 heavy (non-hydrogen) atoms. The van der Waals surface area contributed by atoms with E-state index in [4.69, 9.17) is 16.6 Å². The number of aromatic nitrogens is 2. The maximum absolute atomic E-state index is 12.7. The van der Waals surface area contributed by atoms with Crippen molar-refractivity contribution < 1.29 is 4.79 Å². The minimum Gasteiger partial charge on any atom is -0.325 e. The zero-order valence-electron chi connectivity index (χ0n) is 17.5. The van der Waals surface area contributed by atoms with E-state index in [9.17, 15) is 9.59 Å². The number of anilines is 1. The number of nitrogens with one attached hydrogen (secondary N) is 2. The summed E-state index contributed by atoms with van der Waals surface area (Å²) >= 11 is 7.08. The van der Waals surface area contributed by atoms with Crippen molar-refractivity contribution in [2.45, 2.75) is 24.9 Å². The molecule has 1 aromatic heterocycles. The normalized spacial score (nSPS) is 10.9. The molecule has 0 radical (unpaired) electrons. The van der Waals surface area contributed by atoms with E-state index >= 15 is 0 Å². The molecule has 0 bridgehead atoms. The van der Waals surface area contributed by atoms with Crippen molar-refractivity contribution in [3.8, 4) is 0 Å². The maximum Gasteiger partial charge on any atom is 0.254 e. The second kappa shape index (κ2) is 10.0. The van der Waals surface area contributed by atoms with E-state index < -0.39 is 0 Å². The van der Waals surface area contributed by atoms with E-state index in [-0.39, 0.29) is 17.2 Å². The van der Waals surface area contributed by atoms with Gasteiger partial charge < -0.3 is 10.3 Å². The van der Waals surface area contributed by atoms with E-state index in [0.717, 1.165) is 22.0 Å². The number of hydrogen-bond donors (Lipinski definition) is 2. The van der Waals surface area contributed by atoms with Gasteiger partial charge in [0.05, 0.1) is 11.4 Å². The first-order valence-electron chi connectivity index (χ1n) is 10.3. The van der Waals surface area contributed by atoms with E-state index in [0.29, 0.717) is 34.3 Å². The second-order valence-corrected chi connectivity index (χ2v) is 8.71. The van der Waals surface area contributed by atoms with Gasteiger partial charge in [0.15, 0.2) is 5.16 Å². The molecule has 162 valence electrons. The number of H-pyrrole nitrogens is 1. The van der Waals surface area contributed by atoms with Crippen molar-refractivity contribution in [3.63, 3.8) is 0 Å². The van der Waals surface area contributed by atoms with Gasteiger partial charge in [-0.05, 0) is 47.0 Å². The Labute approximate surface area is 195 Å². The lowest BCUT2D eigenvalue weighted by atomic mass is 9.99. The quantitative estimate of drug-likeness (QED) is 0.282. The molecule has 3 aromatic carbocycles. The number of carbonyl (C=O) groups excluding carboxylic acids is 1. The lowest BCUT2D eigenvalue weighted by molar-refractivity contribution is -0.113. The molecular formula is C25H22ClN3O2S. The van der Waals surface area contributed by atoms with Crippen LogP contribution in [-0.2, 0) is 17.6 Å². The number of carbonyl (C=O) groups is 1. The van der Waals surface area contributed by atoms with Crippen molar-refractivity contribution in [1.29, 1.82) is 0 Å². The molecule has 0 aliphatic carbocycles. The van der Waals surface area contributed by atoms with Crippen LogP contribution in [0.1, 0.15) is 23.7 Å². The molecule has 7 heteroatoms. The molecule has 0 saturated carbocycles. The largest absolute Gasteiger partial charge is 0.325 e. The SMILES string of the molecule is CCc1c(Cc2cccc3ccccc23)nc(SCC(=O)Nc2ccc(Cl)cc2)[nH]c1=O. The lowest BCUT2D eigenvalue weighted by Crippen LogP contribution is -2.20. The van der Waals surface area contributed by atoms with Crippen LogP contribution in [0.2, 0.25) is 5.02 Å². The van der Waals surface area contributed by atoms with Gasteiger partial charge in [-0.3, -0.25) is 9.59 Å². The average Bonchev–Trinajstić information content (AvgIpc) is 2.79. The van der Waals surface area contributed by atoms with Crippen LogP contribution < -0.4 is 10.9 Å². The molecule has 0 atom stereocenters. The highest BCUT2D eigenvalue weighted by molar-refractivity contribution is 7.99. The number of fused-ring (bicyclic) bond motifs is 1. The van der Waals surface area contributed by atoms with Crippen LogP contribution in [0.15, 0.2) is 76.7 Å². The van der Waals surface area contributed by atoms with Gasteiger partial charge >= 0.3 is 0 Å². The molecule has 0 aliphatic rings. The summed E-state index contributed by atoms with van der Waals surface area (Å²) in [6, 6.07) is 21.3. The highest BCUT2D eigenvalue weighted by atomic mass is 35.5. The fourth-order valence-corrected chi connectivity index (χ4v) is 4.40. The monoisotopic (exact) mass is 463 g/mol. The van der Waals surface area contributed by atoms with Crippen LogP contribution in [0.25, 0.3) is 10.8 Å². The Hall–Kier alpha value is -3.09. The van der Waals surface area contributed by atoms with Crippen LogP contribution >= 0.6 is 23.4 Å². The highest BCUT2D eigenvalue weighted by Crippen LogP contribution is 2.23. The van der Waals surface area contributed by atoms with Crippen LogP contribution in [0.4, 0.5) is 5.69 Å². The Bertz CT molecular complexity index is 1310. The molecule has 1 amide bonds. The predicted molar refractivity (Wildman–Crippen MR) is 132 cm³/mol. The molecule has 4 aromatic rings. The number of aromatic amines is 1. The van der Waals surface area contributed by atoms with Gasteiger partial charge in [-0.2, -0.15) is 0 Å². The Morgan fingerprint density at radius 1 is 1.06 bits per heavy atom. The number of nitrogens with zero attached hydrogens (tertiary/aromatic N) is 1. The van der Waals surface area contributed by atoms with Gasteiger partial charge in [-0.1, -0.05) is 72.8 Å². The van der Waals surface area contributed by atoms with Crippen molar-refractivity contribution in [1.82, 2.24) is 9.97 Å². The smallest absolute Gasteiger partial charge is 0.254 e. The summed E-state index contributed by atoms with van der Waals surface area (Å²) in [7, 11) is 0. The first-order valence-corrected chi connectivity index (χ1v) is 11.7. The predicted octanol–water partition coefficient (Wildman–Crippen LogP) is 5.46. The number of thioether (sulfide) groups is 1. The van der Waals surface area contributed by atoms with Gasteiger partial charge in [0, 0.05) is 22.7 Å². The zero-order valence-corrected chi connectivity index (χ0v) is 19.1. The van der Waals surface area contributed by atoms with Gasteiger partial charge in [-0.15, -0.1) is 0 Å². The number of amides is 1. The summed E-state index contributed by atoms with van der Waals surface area (Å²) in [4.78, 5) is 32.5. The van der Waals surface area contributed by atoms with Crippen LogP contribution in [0.3, 0.4) is 0 Å². The van der Waals surface area contributed by atoms with E-state index in [2.05, 4.69) is 34.6 Å². The molecule has 2 N–H and O–H groups in total. The minimum atomic E-state index is -0.185. The summed E-state index contributed by atoms with van der Waals surface area (Å²) in [6.07, 6.45) is 1.14. The van der Waals surface area contributed by atoms with Crippen LogP contribution in [-0.4, -0.2) is 21.6 Å². The fraction of sp³-hybridized carbons (Fsp3) is 0.160. The summed E-state index contributed by atoms with van der Waals surface area (Å²) in [5, 5.41) is 6.16. The summed E-state index contributed by atoms with van der Waals surface area (Å²) < 4.78 is 0. The molecule has 1 heterocycles. The van der Waals surface area contributed by atoms with E-state index in [1.54, 1.807) is 24.3 Å². The minimum absolute atomic E-state index is 0.130. The number of hydrogen-bond acceptors (Lipinski definition) is 4. The van der Waals surface area contributed by atoms with Crippen molar-refractivity contribution in [2.75, 3.05) is 11.1 Å². The number of benzene rings is 3. The Morgan fingerprint density at radius 2 is 1.81 bits per heavy atom. The standard InChI is InChI=1S/C25H22ClN3O2S/c1-2-20-22(14-17-8-5-7-16-6-3-4-9-21(16)17)28-25(29-24(20)31)32-15-23(30)27-19-12-10-18(26)11-13-19/h3-13H,2,14-15H2,1H3,(H,27,30)(H,28,29,31). The van der Waals surface area contributed by atoms with Crippen LogP contribution in [0.5, 0.6) is 0 Å². The van der Waals surface area contributed by atoms with E-state index in [1.807, 2.05) is 25.1 Å². The lowest BCUT2D eigenvalue weighted by Gasteiger charge is -2.11. The molecule has 0 spiro atoms. The average molecular weight is 464 g/mol. The fourth-order valence-electron chi connectivity index (χ4n) is 3.59. The van der Waals surface area contributed by atoms with Gasteiger partial charge in [-0.25, -0.2) is 4.98 Å². The molecule has 0 unspecified atom stereocenters. The van der Waals surface area contributed by atoms with Gasteiger partial charge in [0.1, 0.15) is 0 Å². The molecular weight excluding hydrogens is 442 g/mol. The number of halogens is 1. The number of rotatable bonds is 7. The topological polar surface area (TPSA) is 74.8 Å². The van der Waals surface area contributed by atoms with E-state index in [1.165, 1.54) is 11.8 Å². The Balaban J connectivity index is 1.53. The Kier molecular flexibility index (Phi) is 6.93. The third-order valence-corrected chi connectivity index (χ3v) is 6.26. The van der Waals surface area contributed by atoms with Crippen molar-refractivity contribution in [2.24, 2.45) is 0 Å². The second-order valence-electron chi connectivity index (χ2n) is 7.31. The molecule has 0 aliphatic heterocycles. The summed E-state index contributed by atoms with van der Waals surface area (Å²) in [5.74, 6) is -0.0553. The first kappa shape index (κ1) is 22.1. The third-order valence-electron chi connectivity index (χ3n) is 5.14. The maximum atomic E-state index is 12.7. The summed E-state index contributed by atoms with van der Waals surface area (Å²) in [6.45, 7) is 1.95. The van der Waals surface area contributed by atoms with Gasteiger partial charge in [0.2, 0.25) is 5.91 Å². The Morgan fingerprint density at radius 3 is 2.59 bits per heavy atom. The molecule has 0 saturated heterocycles. The van der Waals surface area contributed by atoms with Gasteiger partial charge in [0.25, 0.3) is 5.56 Å². The highest BCUT2D eigenvalue weighted by Gasteiger charge is 2.14. The molecule has 0 fully saturated rings. The van der Waals surface area contributed by atoms with Crippen LogP contribution in [0, 0.1) is 0 Å².